The Labute approximate surface area is 192 Å². The summed E-state index contributed by atoms with van der Waals surface area (Å²) >= 11 is 0. The van der Waals surface area contributed by atoms with Crippen molar-refractivity contribution in [3.05, 3.63) is 104 Å². The van der Waals surface area contributed by atoms with E-state index in [1.54, 1.807) is 48.5 Å². The van der Waals surface area contributed by atoms with Crippen LogP contribution < -0.4 is 11.2 Å². The molecule has 0 radical (unpaired) electrons. The van der Waals surface area contributed by atoms with Gasteiger partial charge in [-0.05, 0) is 31.2 Å². The minimum atomic E-state index is -1.99. The fourth-order valence-electron chi connectivity index (χ4n) is 3.55. The van der Waals surface area contributed by atoms with Crippen molar-refractivity contribution in [3.63, 3.8) is 0 Å². The third-order valence-corrected chi connectivity index (χ3v) is 5.33. The number of carbonyl (C=O) groups excluding carboxylic acids is 2. The molecule has 1 aromatic heterocycles. The van der Waals surface area contributed by atoms with Crippen LogP contribution in [-0.4, -0.2) is 46.5 Å². The number of nitrogens with zero attached hydrogens (tertiary/aromatic N) is 1. The van der Waals surface area contributed by atoms with Gasteiger partial charge in [-0.15, -0.1) is 0 Å². The molecule has 0 spiro atoms. The first-order valence-corrected chi connectivity index (χ1v) is 10.4. The molecule has 4 rings (SSSR count). The first-order chi connectivity index (χ1) is 16.3. The number of hydrogen-bond acceptors (Lipinski definition) is 7. The predicted molar refractivity (Wildman–Crippen MR) is 117 cm³/mol. The molecule has 34 heavy (non-hydrogen) atoms. The Balaban J connectivity index is 1.59. The molecule has 1 saturated heterocycles. The molecular weight excluding hydrogens is 447 g/mol. The number of carbonyl (C=O) groups is 2. The van der Waals surface area contributed by atoms with Crippen molar-refractivity contribution < 1.29 is 28.2 Å². The summed E-state index contributed by atoms with van der Waals surface area (Å²) in [5.74, 6) is -1.48. The molecule has 1 fully saturated rings. The number of esters is 2. The number of halogens is 1. The van der Waals surface area contributed by atoms with Crippen LogP contribution in [0.15, 0.2) is 76.4 Å². The molecule has 0 aliphatic carbocycles. The molecule has 176 valence electrons. The van der Waals surface area contributed by atoms with E-state index in [0.29, 0.717) is 0 Å². The third-order valence-electron chi connectivity index (χ3n) is 5.33. The number of benzene rings is 2. The molecule has 1 aliphatic rings. The minimum absolute atomic E-state index is 0.159. The average Bonchev–Trinajstić information content (AvgIpc) is 3.15. The maximum Gasteiger partial charge on any atom is 0.338 e. The number of aryl methyl sites for hydroxylation is 1. The van der Waals surface area contributed by atoms with Crippen LogP contribution in [0.4, 0.5) is 4.39 Å². The summed E-state index contributed by atoms with van der Waals surface area (Å²) in [4.78, 5) is 51.0. The van der Waals surface area contributed by atoms with Crippen LogP contribution >= 0.6 is 0 Å². The first-order valence-electron chi connectivity index (χ1n) is 10.4. The lowest BCUT2D eigenvalue weighted by Gasteiger charge is -2.19. The average molecular weight is 468 g/mol. The minimum Gasteiger partial charge on any atom is -0.459 e. The second-order valence-corrected chi connectivity index (χ2v) is 7.69. The zero-order valence-corrected chi connectivity index (χ0v) is 18.1. The zero-order chi connectivity index (χ0) is 24.2. The SMILES string of the molecule is Cc1cn([C@@H]2O[C@H](COC(=O)c3ccccc3)C(OC(=O)c3ccccc3)[C@@H]2F)c(=O)[nH]c1=O. The van der Waals surface area contributed by atoms with Gasteiger partial charge in [0.1, 0.15) is 12.7 Å². The second kappa shape index (κ2) is 9.84. The molecule has 2 heterocycles. The Hall–Kier alpha value is -4.05. The highest BCUT2D eigenvalue weighted by molar-refractivity contribution is 5.90. The van der Waals surface area contributed by atoms with Gasteiger partial charge in [0.2, 0.25) is 0 Å². The first kappa shape index (κ1) is 23.1. The van der Waals surface area contributed by atoms with Gasteiger partial charge in [-0.25, -0.2) is 18.8 Å². The Morgan fingerprint density at radius 3 is 2.21 bits per heavy atom. The van der Waals surface area contributed by atoms with Crippen molar-refractivity contribution in [1.29, 1.82) is 0 Å². The van der Waals surface area contributed by atoms with Crippen LogP contribution in [0.3, 0.4) is 0 Å². The maximum atomic E-state index is 15.5. The maximum absolute atomic E-state index is 15.5. The molecule has 0 bridgehead atoms. The number of ether oxygens (including phenoxy) is 3. The van der Waals surface area contributed by atoms with E-state index in [9.17, 15) is 19.2 Å². The third kappa shape index (κ3) is 4.81. The molecular formula is C24H21FN2O7. The standard InChI is InChI=1S/C24H21FN2O7/c1-14-12-27(24(31)26-20(14)28)21-18(25)19(34-23(30)16-10-6-3-7-11-16)17(33-21)13-32-22(29)15-8-4-2-5-9-15/h2-12,17-19,21H,13H2,1H3,(H,26,28,31)/t17-,18+,19?,21-/m1/s1. The topological polar surface area (TPSA) is 117 Å². The van der Waals surface area contributed by atoms with Crippen molar-refractivity contribution in [3.8, 4) is 0 Å². The highest BCUT2D eigenvalue weighted by atomic mass is 19.1. The summed E-state index contributed by atoms with van der Waals surface area (Å²) in [6, 6.07) is 16.1. The van der Waals surface area contributed by atoms with E-state index >= 15 is 4.39 Å². The molecule has 10 heteroatoms. The van der Waals surface area contributed by atoms with Crippen LogP contribution in [0.2, 0.25) is 0 Å². The number of hydrogen-bond donors (Lipinski definition) is 1. The summed E-state index contributed by atoms with van der Waals surface area (Å²) in [5, 5.41) is 0. The van der Waals surface area contributed by atoms with E-state index < -0.39 is 54.4 Å². The number of alkyl halides is 1. The van der Waals surface area contributed by atoms with Crippen molar-refractivity contribution in [2.75, 3.05) is 6.61 Å². The molecule has 1 N–H and O–H groups in total. The van der Waals surface area contributed by atoms with E-state index in [-0.39, 0.29) is 16.7 Å². The molecule has 9 nitrogen and oxygen atoms in total. The Bertz CT molecular complexity index is 1290. The van der Waals surface area contributed by atoms with E-state index in [4.69, 9.17) is 14.2 Å². The van der Waals surface area contributed by atoms with Gasteiger partial charge in [-0.1, -0.05) is 36.4 Å². The summed E-state index contributed by atoms with van der Waals surface area (Å²) in [6.45, 7) is 1.01. The van der Waals surface area contributed by atoms with Crippen molar-refractivity contribution in [1.82, 2.24) is 9.55 Å². The number of aromatic nitrogens is 2. The molecule has 2 aromatic carbocycles. The van der Waals surface area contributed by atoms with Crippen molar-refractivity contribution >= 4 is 11.9 Å². The van der Waals surface area contributed by atoms with Crippen molar-refractivity contribution in [2.24, 2.45) is 0 Å². The van der Waals surface area contributed by atoms with Crippen LogP contribution in [-0.2, 0) is 14.2 Å². The van der Waals surface area contributed by atoms with E-state index in [1.165, 1.54) is 19.1 Å². The fourth-order valence-corrected chi connectivity index (χ4v) is 3.55. The lowest BCUT2D eigenvalue weighted by Crippen LogP contribution is -2.38. The van der Waals surface area contributed by atoms with Gasteiger partial charge in [0, 0.05) is 11.8 Å². The summed E-state index contributed by atoms with van der Waals surface area (Å²) in [6.07, 6.45) is -5.04. The largest absolute Gasteiger partial charge is 0.459 e. The lowest BCUT2D eigenvalue weighted by atomic mass is 10.1. The summed E-state index contributed by atoms with van der Waals surface area (Å²) < 4.78 is 32.7. The molecule has 1 aliphatic heterocycles. The van der Waals surface area contributed by atoms with Gasteiger partial charge in [-0.3, -0.25) is 14.3 Å². The molecule has 0 saturated carbocycles. The zero-order valence-electron chi connectivity index (χ0n) is 18.1. The van der Waals surface area contributed by atoms with Gasteiger partial charge < -0.3 is 14.2 Å². The van der Waals surface area contributed by atoms with Crippen LogP contribution in [0.1, 0.15) is 32.5 Å². The Morgan fingerprint density at radius 2 is 1.59 bits per heavy atom. The van der Waals surface area contributed by atoms with Crippen LogP contribution in [0.25, 0.3) is 0 Å². The number of rotatable bonds is 6. The normalized spacial score (nSPS) is 21.7. The van der Waals surface area contributed by atoms with Crippen LogP contribution in [0, 0.1) is 6.92 Å². The highest BCUT2D eigenvalue weighted by Crippen LogP contribution is 2.34. The van der Waals surface area contributed by atoms with Gasteiger partial charge in [0.25, 0.3) is 5.56 Å². The second-order valence-electron chi connectivity index (χ2n) is 7.69. The van der Waals surface area contributed by atoms with E-state index in [0.717, 1.165) is 10.8 Å². The number of aromatic amines is 1. The molecule has 3 aromatic rings. The van der Waals surface area contributed by atoms with E-state index in [1.807, 2.05) is 0 Å². The van der Waals surface area contributed by atoms with Gasteiger partial charge >= 0.3 is 17.6 Å². The van der Waals surface area contributed by atoms with Crippen LogP contribution in [0.5, 0.6) is 0 Å². The molecule has 0 amide bonds. The number of nitrogens with one attached hydrogen (secondary N) is 1. The monoisotopic (exact) mass is 468 g/mol. The highest BCUT2D eigenvalue weighted by Gasteiger charge is 2.49. The fraction of sp³-hybridized carbons (Fsp3) is 0.250. The van der Waals surface area contributed by atoms with Gasteiger partial charge in [0.05, 0.1) is 11.1 Å². The summed E-state index contributed by atoms with van der Waals surface area (Å²) in [5.41, 5.74) is -0.880. The molecule has 4 atom stereocenters. The predicted octanol–water partition coefficient (Wildman–Crippen LogP) is 2.16. The quantitative estimate of drug-likeness (QED) is 0.551. The Kier molecular flexibility index (Phi) is 6.69. The van der Waals surface area contributed by atoms with E-state index in [2.05, 4.69) is 4.98 Å². The smallest absolute Gasteiger partial charge is 0.338 e. The van der Waals surface area contributed by atoms with Crippen molar-refractivity contribution in [2.45, 2.75) is 31.5 Å². The number of H-pyrrole nitrogens is 1. The van der Waals surface area contributed by atoms with Gasteiger partial charge in [-0.2, -0.15) is 0 Å². The lowest BCUT2D eigenvalue weighted by molar-refractivity contribution is -0.0592. The van der Waals surface area contributed by atoms with Gasteiger partial charge in [0.15, 0.2) is 18.5 Å². The Morgan fingerprint density at radius 1 is 1.00 bits per heavy atom. The summed E-state index contributed by atoms with van der Waals surface area (Å²) in [7, 11) is 0. The molecule has 1 unspecified atom stereocenters.